The molecule has 4 heteroatoms. The molecule has 4 rings (SSSR count). The van der Waals surface area contributed by atoms with Crippen LogP contribution in [0, 0.1) is 6.92 Å². The maximum Gasteiger partial charge on any atom is 0.196 e. The zero-order valence-electron chi connectivity index (χ0n) is 14.6. The molecule has 4 nitrogen and oxygen atoms in total. The molecule has 128 valence electrons. The van der Waals surface area contributed by atoms with Crippen LogP contribution in [0.2, 0.25) is 0 Å². The van der Waals surface area contributed by atoms with Crippen LogP contribution in [0.25, 0.3) is 11.1 Å². The Bertz CT molecular complexity index is 1080. The number of nitrogens with one attached hydrogen (secondary N) is 1. The molecule has 0 saturated carbocycles. The van der Waals surface area contributed by atoms with Crippen molar-refractivity contribution in [2.24, 2.45) is 0 Å². The monoisotopic (exact) mass is 342 g/mol. The molecule has 26 heavy (non-hydrogen) atoms. The van der Waals surface area contributed by atoms with Gasteiger partial charge in [0.15, 0.2) is 11.6 Å². The van der Waals surface area contributed by atoms with E-state index in [-0.39, 0.29) is 17.1 Å². The molecule has 1 aliphatic rings. The summed E-state index contributed by atoms with van der Waals surface area (Å²) < 4.78 is 0. The second kappa shape index (κ2) is 5.85. The molecular formula is C22H18N2O2. The maximum absolute atomic E-state index is 13.2. The minimum Gasteiger partial charge on any atom is -0.398 e. The Kier molecular flexibility index (Phi) is 3.62. The average molecular weight is 342 g/mol. The largest absolute Gasteiger partial charge is 0.398 e. The summed E-state index contributed by atoms with van der Waals surface area (Å²) in [5.41, 5.74) is 11.6. The van der Waals surface area contributed by atoms with Gasteiger partial charge in [0.25, 0.3) is 0 Å². The van der Waals surface area contributed by atoms with Gasteiger partial charge in [-0.05, 0) is 24.1 Å². The highest BCUT2D eigenvalue weighted by atomic mass is 16.1. The van der Waals surface area contributed by atoms with Crippen LogP contribution < -0.4 is 11.1 Å². The van der Waals surface area contributed by atoms with E-state index in [1.807, 2.05) is 31.2 Å². The first-order valence-electron chi connectivity index (χ1n) is 8.43. The van der Waals surface area contributed by atoms with Gasteiger partial charge in [0.1, 0.15) is 0 Å². The van der Waals surface area contributed by atoms with E-state index in [0.29, 0.717) is 28.1 Å². The number of benzene rings is 3. The Morgan fingerprint density at radius 3 is 1.88 bits per heavy atom. The van der Waals surface area contributed by atoms with Crippen molar-refractivity contribution in [3.63, 3.8) is 0 Å². The van der Waals surface area contributed by atoms with Crippen molar-refractivity contribution >= 4 is 22.9 Å². The van der Waals surface area contributed by atoms with Crippen LogP contribution in [0.3, 0.4) is 0 Å². The van der Waals surface area contributed by atoms with Gasteiger partial charge in [-0.15, -0.1) is 0 Å². The predicted octanol–water partition coefficient (Wildman–Crippen LogP) is 4.06. The summed E-state index contributed by atoms with van der Waals surface area (Å²) in [5, 5.41) is 3.13. The molecule has 0 spiro atoms. The maximum atomic E-state index is 13.2. The summed E-state index contributed by atoms with van der Waals surface area (Å²) in [5.74, 6) is -0.387. The van der Waals surface area contributed by atoms with E-state index < -0.39 is 0 Å². The van der Waals surface area contributed by atoms with E-state index in [2.05, 4.69) is 5.32 Å². The second-order valence-electron chi connectivity index (χ2n) is 6.41. The van der Waals surface area contributed by atoms with Crippen molar-refractivity contribution < 1.29 is 9.59 Å². The number of nitrogen functional groups attached to an aromatic ring is 1. The number of anilines is 2. The lowest BCUT2D eigenvalue weighted by Gasteiger charge is -2.24. The number of fused-ring (bicyclic) bond motifs is 2. The lowest BCUT2D eigenvalue weighted by Crippen LogP contribution is -2.24. The summed E-state index contributed by atoms with van der Waals surface area (Å²) in [6, 6.07) is 16.6. The molecule has 0 aromatic heterocycles. The molecule has 0 saturated heterocycles. The summed E-state index contributed by atoms with van der Waals surface area (Å²) in [7, 11) is 1.76. The van der Waals surface area contributed by atoms with Crippen molar-refractivity contribution in [1.82, 2.24) is 0 Å². The lowest BCUT2D eigenvalue weighted by molar-refractivity contribution is 0.0980. The van der Waals surface area contributed by atoms with Gasteiger partial charge in [-0.25, -0.2) is 0 Å². The zero-order chi connectivity index (χ0) is 18.4. The van der Waals surface area contributed by atoms with Crippen LogP contribution >= 0.6 is 0 Å². The fourth-order valence-corrected chi connectivity index (χ4v) is 3.67. The molecule has 0 aliphatic heterocycles. The molecule has 0 atom stereocenters. The molecule has 3 aromatic rings. The molecule has 0 bridgehead atoms. The molecule has 0 heterocycles. The Hall–Kier alpha value is -3.40. The minimum atomic E-state index is -0.208. The van der Waals surface area contributed by atoms with Crippen LogP contribution in [0.5, 0.6) is 0 Å². The normalized spacial score (nSPS) is 12.5. The van der Waals surface area contributed by atoms with Gasteiger partial charge in [-0.2, -0.15) is 0 Å². The molecule has 0 unspecified atom stereocenters. The van der Waals surface area contributed by atoms with Crippen molar-refractivity contribution in [2.75, 3.05) is 18.1 Å². The first kappa shape index (κ1) is 16.1. The van der Waals surface area contributed by atoms with Crippen molar-refractivity contribution in [3.8, 4) is 11.1 Å². The number of carbonyl (C=O) groups is 2. The first-order chi connectivity index (χ1) is 12.5. The number of hydrogen-bond acceptors (Lipinski definition) is 4. The Balaban J connectivity index is 2.08. The number of aryl methyl sites for hydroxylation is 1. The van der Waals surface area contributed by atoms with Gasteiger partial charge < -0.3 is 11.1 Å². The highest BCUT2D eigenvalue weighted by Gasteiger charge is 2.34. The SMILES string of the molecule is CNc1c(-c2ccccc2C)cc(N)c2c1C(=O)c1ccccc1C2=O. The number of rotatable bonds is 2. The van der Waals surface area contributed by atoms with Gasteiger partial charge in [0.2, 0.25) is 0 Å². The summed E-state index contributed by atoms with van der Waals surface area (Å²) in [6.07, 6.45) is 0. The van der Waals surface area contributed by atoms with Gasteiger partial charge in [0.05, 0.1) is 16.8 Å². The van der Waals surface area contributed by atoms with Crippen LogP contribution in [-0.4, -0.2) is 18.6 Å². The Morgan fingerprint density at radius 1 is 0.769 bits per heavy atom. The lowest BCUT2D eigenvalue weighted by atomic mass is 9.80. The number of ketones is 2. The summed E-state index contributed by atoms with van der Waals surface area (Å²) in [6.45, 7) is 2.01. The van der Waals surface area contributed by atoms with E-state index in [0.717, 1.165) is 16.7 Å². The van der Waals surface area contributed by atoms with Crippen LogP contribution in [0.4, 0.5) is 11.4 Å². The zero-order valence-corrected chi connectivity index (χ0v) is 14.6. The third kappa shape index (κ3) is 2.15. The molecule has 0 fully saturated rings. The standard InChI is InChI=1S/C22H18N2O2/c1-12-7-3-4-8-13(12)16-11-17(23)18-19(20(16)24-2)22(26)15-10-6-5-9-14(15)21(18)25/h3-11,24H,23H2,1-2H3. The third-order valence-corrected chi connectivity index (χ3v) is 4.91. The molecule has 0 radical (unpaired) electrons. The van der Waals surface area contributed by atoms with Gasteiger partial charge in [-0.3, -0.25) is 9.59 Å². The number of hydrogen-bond donors (Lipinski definition) is 2. The highest BCUT2D eigenvalue weighted by molar-refractivity contribution is 6.32. The average Bonchev–Trinajstić information content (AvgIpc) is 2.66. The highest BCUT2D eigenvalue weighted by Crippen LogP contribution is 2.42. The third-order valence-electron chi connectivity index (χ3n) is 4.91. The number of carbonyl (C=O) groups excluding carboxylic acids is 2. The topological polar surface area (TPSA) is 72.2 Å². The fraction of sp³-hybridized carbons (Fsp3) is 0.0909. The van der Waals surface area contributed by atoms with E-state index in [1.165, 1.54) is 0 Å². The van der Waals surface area contributed by atoms with Gasteiger partial charge in [-0.1, -0.05) is 48.5 Å². The van der Waals surface area contributed by atoms with Crippen molar-refractivity contribution in [2.45, 2.75) is 6.92 Å². The minimum absolute atomic E-state index is 0.179. The van der Waals surface area contributed by atoms with Crippen LogP contribution in [-0.2, 0) is 0 Å². The first-order valence-corrected chi connectivity index (χ1v) is 8.43. The van der Waals surface area contributed by atoms with E-state index in [9.17, 15) is 9.59 Å². The number of nitrogens with two attached hydrogens (primary N) is 1. The van der Waals surface area contributed by atoms with Gasteiger partial charge in [0, 0.05) is 29.4 Å². The molecular weight excluding hydrogens is 324 g/mol. The molecule has 3 N–H and O–H groups in total. The molecule has 0 amide bonds. The van der Waals surface area contributed by atoms with E-state index in [1.54, 1.807) is 37.4 Å². The van der Waals surface area contributed by atoms with Crippen molar-refractivity contribution in [1.29, 1.82) is 0 Å². The van der Waals surface area contributed by atoms with E-state index in [4.69, 9.17) is 5.73 Å². The second-order valence-corrected chi connectivity index (χ2v) is 6.41. The quantitative estimate of drug-likeness (QED) is 0.539. The van der Waals surface area contributed by atoms with Crippen LogP contribution in [0.15, 0.2) is 54.6 Å². The molecule has 3 aromatic carbocycles. The predicted molar refractivity (Wildman–Crippen MR) is 104 cm³/mol. The smallest absolute Gasteiger partial charge is 0.196 e. The summed E-state index contributed by atoms with van der Waals surface area (Å²) >= 11 is 0. The van der Waals surface area contributed by atoms with Gasteiger partial charge >= 0.3 is 0 Å². The van der Waals surface area contributed by atoms with Crippen molar-refractivity contribution in [3.05, 3.63) is 82.4 Å². The Morgan fingerprint density at radius 2 is 1.31 bits per heavy atom. The summed E-state index contributed by atoms with van der Waals surface area (Å²) in [4.78, 5) is 26.2. The van der Waals surface area contributed by atoms with E-state index >= 15 is 0 Å². The van der Waals surface area contributed by atoms with Crippen LogP contribution in [0.1, 0.15) is 37.4 Å². The fourth-order valence-electron chi connectivity index (χ4n) is 3.67. The Labute approximate surface area is 151 Å². The molecule has 1 aliphatic carbocycles.